The van der Waals surface area contributed by atoms with Crippen LogP contribution in [-0.4, -0.2) is 45.2 Å². The minimum Gasteiger partial charge on any atom is -0.507 e. The fraction of sp³-hybridized carbons (Fsp3) is 0.300. The molecule has 1 aliphatic heterocycles. The topological polar surface area (TPSA) is 107 Å². The Morgan fingerprint density at radius 2 is 1.50 bits per heavy atom. The minimum atomic E-state index is -0.929. The van der Waals surface area contributed by atoms with Crippen LogP contribution in [-0.2, 0) is 4.74 Å². The average molecular weight is 350 g/mol. The van der Waals surface area contributed by atoms with Crippen molar-refractivity contribution in [3.63, 3.8) is 0 Å². The number of carbonyl (C=O) groups excluding carboxylic acids is 2. The van der Waals surface area contributed by atoms with Gasteiger partial charge in [-0.1, -0.05) is 12.1 Å². The molecule has 6 nitrogen and oxygen atoms in total. The highest BCUT2D eigenvalue weighted by Gasteiger charge is 2.62. The Morgan fingerprint density at radius 1 is 0.885 bits per heavy atom. The maximum absolute atomic E-state index is 12.7. The number of phenolic OH excluding ortho intramolecular Hbond substituents is 2. The van der Waals surface area contributed by atoms with Crippen molar-refractivity contribution >= 4 is 11.6 Å². The van der Waals surface area contributed by atoms with E-state index in [9.17, 15) is 24.9 Å². The van der Waals surface area contributed by atoms with Gasteiger partial charge in [-0.25, -0.2) is 0 Å². The summed E-state index contributed by atoms with van der Waals surface area (Å²) in [6.07, 6.45) is -1.99. The zero-order valence-corrected chi connectivity index (χ0v) is 13.5. The second kappa shape index (κ2) is 4.34. The van der Waals surface area contributed by atoms with Gasteiger partial charge in [-0.15, -0.1) is 0 Å². The molecule has 3 aliphatic carbocycles. The molecule has 1 fully saturated rings. The maximum Gasteiger partial charge on any atom is 0.198 e. The van der Waals surface area contributed by atoms with Crippen molar-refractivity contribution in [3.05, 3.63) is 46.5 Å². The SMILES string of the molecule is O=C1CC(O)C2c3c(ccc(O)c31)-c1ccc(O)c3c1C2C1OC1C3=O. The van der Waals surface area contributed by atoms with Gasteiger partial charge in [0.05, 0.1) is 23.3 Å². The van der Waals surface area contributed by atoms with Crippen LogP contribution < -0.4 is 0 Å². The number of ether oxygens (including phenoxy) is 1. The average Bonchev–Trinajstić information content (AvgIpc) is 3.39. The van der Waals surface area contributed by atoms with Gasteiger partial charge in [0.15, 0.2) is 11.6 Å². The third-order valence-electron chi connectivity index (χ3n) is 6.26. The van der Waals surface area contributed by atoms with Gasteiger partial charge < -0.3 is 20.1 Å². The van der Waals surface area contributed by atoms with Gasteiger partial charge in [0.1, 0.15) is 17.6 Å². The van der Waals surface area contributed by atoms with Gasteiger partial charge in [0, 0.05) is 18.3 Å². The molecular weight excluding hydrogens is 336 g/mol. The van der Waals surface area contributed by atoms with E-state index in [4.69, 9.17) is 4.74 Å². The van der Waals surface area contributed by atoms with Crippen LogP contribution >= 0.6 is 0 Å². The van der Waals surface area contributed by atoms with Gasteiger partial charge >= 0.3 is 0 Å². The minimum absolute atomic E-state index is 0.0833. The van der Waals surface area contributed by atoms with E-state index in [0.717, 1.165) is 5.56 Å². The van der Waals surface area contributed by atoms with Gasteiger partial charge in [0.2, 0.25) is 0 Å². The van der Waals surface area contributed by atoms with E-state index in [-0.39, 0.29) is 52.6 Å². The van der Waals surface area contributed by atoms with E-state index >= 15 is 0 Å². The van der Waals surface area contributed by atoms with Crippen LogP contribution in [0, 0.1) is 0 Å². The fourth-order valence-electron chi connectivity index (χ4n) is 5.26. The number of aliphatic hydroxyl groups is 1. The number of hydrogen-bond acceptors (Lipinski definition) is 6. The molecular formula is C20H14O6. The Hall–Kier alpha value is -2.70. The number of Topliss-reactive ketones (excluding diaryl/α,β-unsaturated/α-hetero) is 2. The van der Waals surface area contributed by atoms with E-state index in [0.29, 0.717) is 16.7 Å². The first-order valence-corrected chi connectivity index (χ1v) is 8.62. The summed E-state index contributed by atoms with van der Waals surface area (Å²) in [5.41, 5.74) is 3.30. The number of hydrogen-bond donors (Lipinski definition) is 3. The van der Waals surface area contributed by atoms with Crippen LogP contribution in [0.2, 0.25) is 0 Å². The van der Waals surface area contributed by atoms with Crippen molar-refractivity contribution in [2.24, 2.45) is 0 Å². The lowest BCUT2D eigenvalue weighted by Crippen LogP contribution is -2.40. The van der Waals surface area contributed by atoms with E-state index in [1.807, 2.05) is 0 Å². The highest BCUT2D eigenvalue weighted by Crippen LogP contribution is 2.62. The van der Waals surface area contributed by atoms with E-state index in [1.54, 1.807) is 12.1 Å². The summed E-state index contributed by atoms with van der Waals surface area (Å²) in [6, 6.07) is 6.39. The standard InChI is InChI=1S/C20H14O6/c21-8-3-1-6-7-2-4-9(22)16-13(7)17(19-20(26-19)18(16)25)15-11(24)5-10(23)14(8)12(6)15/h1-4,11,15,17,19-22,24H,5H2. The summed E-state index contributed by atoms with van der Waals surface area (Å²) in [5.74, 6) is -1.48. The van der Waals surface area contributed by atoms with Crippen LogP contribution in [0.4, 0.5) is 0 Å². The largest absolute Gasteiger partial charge is 0.507 e. The predicted molar refractivity (Wildman–Crippen MR) is 88.6 cm³/mol. The summed E-state index contributed by atoms with van der Waals surface area (Å²) in [5, 5.41) is 31.3. The van der Waals surface area contributed by atoms with E-state index < -0.39 is 18.1 Å². The quantitative estimate of drug-likeness (QED) is 0.626. The number of benzene rings is 2. The Labute approximate surface area is 147 Å². The molecule has 0 amide bonds. The van der Waals surface area contributed by atoms with Crippen LogP contribution in [0.1, 0.15) is 50.1 Å². The lowest BCUT2D eigenvalue weighted by atomic mass is 9.60. The molecule has 6 rings (SSSR count). The summed E-state index contributed by atoms with van der Waals surface area (Å²) < 4.78 is 5.62. The zero-order valence-electron chi connectivity index (χ0n) is 13.5. The van der Waals surface area contributed by atoms with Crippen molar-refractivity contribution in [2.45, 2.75) is 36.6 Å². The van der Waals surface area contributed by atoms with E-state index in [2.05, 4.69) is 0 Å². The Kier molecular flexibility index (Phi) is 2.41. The molecule has 0 bridgehead atoms. The summed E-state index contributed by atoms with van der Waals surface area (Å²) >= 11 is 0. The first kappa shape index (κ1) is 14.5. The van der Waals surface area contributed by atoms with Gasteiger partial charge in [-0.2, -0.15) is 0 Å². The highest BCUT2D eigenvalue weighted by atomic mass is 16.6. The third-order valence-corrected chi connectivity index (χ3v) is 6.26. The second-order valence-corrected chi connectivity index (χ2v) is 7.47. The van der Waals surface area contributed by atoms with Crippen LogP contribution in [0.25, 0.3) is 11.1 Å². The van der Waals surface area contributed by atoms with Crippen molar-refractivity contribution in [1.29, 1.82) is 0 Å². The van der Waals surface area contributed by atoms with Crippen molar-refractivity contribution in [2.75, 3.05) is 0 Å². The van der Waals surface area contributed by atoms with Crippen molar-refractivity contribution < 1.29 is 29.6 Å². The Balaban J connectivity index is 1.77. The molecule has 0 radical (unpaired) electrons. The summed E-state index contributed by atoms with van der Waals surface area (Å²) in [7, 11) is 0. The first-order chi connectivity index (χ1) is 12.5. The molecule has 1 heterocycles. The Morgan fingerprint density at radius 3 is 2.19 bits per heavy atom. The molecule has 0 saturated carbocycles. The molecule has 0 aromatic heterocycles. The number of aliphatic hydroxyl groups excluding tert-OH is 1. The monoisotopic (exact) mass is 350 g/mol. The normalized spacial score (nSPS) is 32.6. The highest BCUT2D eigenvalue weighted by molar-refractivity contribution is 6.10. The van der Waals surface area contributed by atoms with Gasteiger partial charge in [-0.3, -0.25) is 9.59 Å². The fourth-order valence-corrected chi connectivity index (χ4v) is 5.26. The van der Waals surface area contributed by atoms with Crippen LogP contribution in [0.3, 0.4) is 0 Å². The number of aromatic hydroxyl groups is 2. The lowest BCUT2D eigenvalue weighted by molar-refractivity contribution is 0.0729. The van der Waals surface area contributed by atoms with Crippen molar-refractivity contribution in [1.82, 2.24) is 0 Å². The van der Waals surface area contributed by atoms with Gasteiger partial charge in [-0.05, 0) is 34.4 Å². The zero-order chi connectivity index (χ0) is 17.9. The molecule has 0 spiro atoms. The number of fused-ring (bicyclic) bond motifs is 4. The Bertz CT molecular complexity index is 1030. The predicted octanol–water partition coefficient (Wildman–Crippen LogP) is 1.86. The molecule has 1 saturated heterocycles. The molecule has 3 N–H and O–H groups in total. The molecule has 4 aliphatic rings. The van der Waals surface area contributed by atoms with Gasteiger partial charge in [0.25, 0.3) is 0 Å². The number of epoxide rings is 1. The van der Waals surface area contributed by atoms with Crippen LogP contribution in [0.15, 0.2) is 24.3 Å². The molecule has 6 heteroatoms. The number of phenols is 2. The molecule has 130 valence electrons. The lowest BCUT2D eigenvalue weighted by Gasteiger charge is -2.42. The van der Waals surface area contributed by atoms with Crippen LogP contribution in [0.5, 0.6) is 11.5 Å². The first-order valence-electron chi connectivity index (χ1n) is 8.62. The molecule has 2 aromatic carbocycles. The summed E-state index contributed by atoms with van der Waals surface area (Å²) in [4.78, 5) is 25.1. The number of rotatable bonds is 0. The maximum atomic E-state index is 12.7. The number of carbonyl (C=O) groups is 2. The van der Waals surface area contributed by atoms with E-state index in [1.165, 1.54) is 12.1 Å². The molecule has 5 unspecified atom stereocenters. The molecule has 5 atom stereocenters. The molecule has 2 aromatic rings. The smallest absolute Gasteiger partial charge is 0.198 e. The number of ketones is 2. The third kappa shape index (κ3) is 1.47. The second-order valence-electron chi connectivity index (χ2n) is 7.47. The van der Waals surface area contributed by atoms with Crippen molar-refractivity contribution in [3.8, 4) is 22.6 Å². The summed E-state index contributed by atoms with van der Waals surface area (Å²) in [6.45, 7) is 0. The molecule has 26 heavy (non-hydrogen) atoms.